The lowest BCUT2D eigenvalue weighted by Gasteiger charge is -2.06. The highest BCUT2D eigenvalue weighted by Crippen LogP contribution is 2.16. The number of rotatable bonds is 5. The van der Waals surface area contributed by atoms with Crippen LogP contribution in [0.4, 0.5) is 0 Å². The van der Waals surface area contributed by atoms with Crippen LogP contribution in [0.5, 0.6) is 0 Å². The number of nitrogens with zero attached hydrogens (tertiary/aromatic N) is 2. The zero-order chi connectivity index (χ0) is 12.1. The van der Waals surface area contributed by atoms with Crippen molar-refractivity contribution in [2.45, 2.75) is 18.9 Å². The minimum absolute atomic E-state index is 0.0328. The van der Waals surface area contributed by atoms with Crippen molar-refractivity contribution in [2.24, 2.45) is 5.73 Å². The minimum Gasteiger partial charge on any atom is -0.324 e. The number of hydrogen-bond donors (Lipinski definition) is 1. The molecule has 1 atom stereocenters. The Bertz CT molecular complexity index is 473. The highest BCUT2D eigenvalue weighted by atomic mass is 15.3. The summed E-state index contributed by atoms with van der Waals surface area (Å²) in [4.78, 5) is 0. The standard InChI is InChI=1S/C14H17N3/c1-2-3-9-14(15)12-10-16-17(11-12)13-7-5-4-6-8-13/h2,4-8,10-11,14H,1,3,9,15H2. The average Bonchev–Trinajstić information content (AvgIpc) is 2.86. The van der Waals surface area contributed by atoms with E-state index in [4.69, 9.17) is 5.73 Å². The third kappa shape index (κ3) is 2.82. The summed E-state index contributed by atoms with van der Waals surface area (Å²) in [5.74, 6) is 0. The first-order chi connectivity index (χ1) is 8.31. The molecule has 0 saturated heterocycles. The number of allylic oxidation sites excluding steroid dienone is 1. The van der Waals surface area contributed by atoms with Gasteiger partial charge in [0.05, 0.1) is 11.9 Å². The molecule has 0 bridgehead atoms. The summed E-state index contributed by atoms with van der Waals surface area (Å²) in [6.45, 7) is 3.70. The molecule has 3 nitrogen and oxygen atoms in total. The van der Waals surface area contributed by atoms with E-state index in [2.05, 4.69) is 11.7 Å². The molecule has 2 N–H and O–H groups in total. The molecular weight excluding hydrogens is 210 g/mol. The van der Waals surface area contributed by atoms with Crippen molar-refractivity contribution in [1.82, 2.24) is 9.78 Å². The summed E-state index contributed by atoms with van der Waals surface area (Å²) in [5, 5.41) is 4.33. The van der Waals surface area contributed by atoms with Gasteiger partial charge in [0, 0.05) is 17.8 Å². The second-order valence-corrected chi connectivity index (χ2v) is 4.03. The number of para-hydroxylation sites is 1. The Morgan fingerprint density at radius 3 is 2.82 bits per heavy atom. The molecular formula is C14H17N3. The molecule has 0 saturated carbocycles. The molecule has 1 heterocycles. The number of nitrogens with two attached hydrogens (primary N) is 1. The van der Waals surface area contributed by atoms with Crippen molar-refractivity contribution in [3.05, 3.63) is 60.9 Å². The van der Waals surface area contributed by atoms with Gasteiger partial charge in [-0.15, -0.1) is 6.58 Å². The van der Waals surface area contributed by atoms with E-state index in [1.54, 1.807) is 0 Å². The van der Waals surface area contributed by atoms with Gasteiger partial charge in [-0.2, -0.15) is 5.10 Å². The van der Waals surface area contributed by atoms with Gasteiger partial charge < -0.3 is 5.73 Å². The molecule has 0 aliphatic rings. The van der Waals surface area contributed by atoms with Gasteiger partial charge in [-0.25, -0.2) is 4.68 Å². The van der Waals surface area contributed by atoms with Crippen molar-refractivity contribution in [3.63, 3.8) is 0 Å². The van der Waals surface area contributed by atoms with Gasteiger partial charge in [0.25, 0.3) is 0 Å². The van der Waals surface area contributed by atoms with Crippen LogP contribution in [0.15, 0.2) is 55.4 Å². The van der Waals surface area contributed by atoms with Crippen LogP contribution in [-0.2, 0) is 0 Å². The molecule has 17 heavy (non-hydrogen) atoms. The van der Waals surface area contributed by atoms with Crippen LogP contribution in [-0.4, -0.2) is 9.78 Å². The van der Waals surface area contributed by atoms with Gasteiger partial charge in [-0.3, -0.25) is 0 Å². The van der Waals surface area contributed by atoms with Gasteiger partial charge >= 0.3 is 0 Å². The summed E-state index contributed by atoms with van der Waals surface area (Å²) < 4.78 is 1.85. The van der Waals surface area contributed by atoms with Crippen LogP contribution < -0.4 is 5.73 Å². The van der Waals surface area contributed by atoms with E-state index in [-0.39, 0.29) is 6.04 Å². The van der Waals surface area contributed by atoms with E-state index in [1.165, 1.54) is 0 Å². The molecule has 0 radical (unpaired) electrons. The SMILES string of the molecule is C=CCCC(N)c1cnn(-c2ccccc2)c1. The zero-order valence-electron chi connectivity index (χ0n) is 9.79. The van der Waals surface area contributed by atoms with Crippen LogP contribution in [0.25, 0.3) is 5.69 Å². The van der Waals surface area contributed by atoms with Crippen molar-refractivity contribution < 1.29 is 0 Å². The van der Waals surface area contributed by atoms with Gasteiger partial charge in [0.15, 0.2) is 0 Å². The lowest BCUT2D eigenvalue weighted by molar-refractivity contribution is 0.661. The molecule has 0 aliphatic carbocycles. The van der Waals surface area contributed by atoms with E-state index < -0.39 is 0 Å². The molecule has 88 valence electrons. The van der Waals surface area contributed by atoms with Crippen molar-refractivity contribution in [3.8, 4) is 5.69 Å². The Labute approximate surface area is 102 Å². The summed E-state index contributed by atoms with van der Waals surface area (Å²) in [6.07, 6.45) is 7.55. The largest absolute Gasteiger partial charge is 0.324 e. The summed E-state index contributed by atoms with van der Waals surface area (Å²) in [7, 11) is 0. The molecule has 0 fully saturated rings. The topological polar surface area (TPSA) is 43.8 Å². The highest BCUT2D eigenvalue weighted by molar-refractivity contribution is 5.31. The molecule has 2 aromatic rings. The van der Waals surface area contributed by atoms with Gasteiger partial charge in [0.2, 0.25) is 0 Å². The lowest BCUT2D eigenvalue weighted by atomic mass is 10.1. The van der Waals surface area contributed by atoms with Crippen molar-refractivity contribution >= 4 is 0 Å². The highest BCUT2D eigenvalue weighted by Gasteiger charge is 2.08. The zero-order valence-corrected chi connectivity index (χ0v) is 9.79. The Balaban J connectivity index is 2.13. The van der Waals surface area contributed by atoms with E-state index in [9.17, 15) is 0 Å². The smallest absolute Gasteiger partial charge is 0.0645 e. The van der Waals surface area contributed by atoms with Gasteiger partial charge in [0.1, 0.15) is 0 Å². The van der Waals surface area contributed by atoms with E-state index in [0.717, 1.165) is 24.1 Å². The molecule has 0 aliphatic heterocycles. The Kier molecular flexibility index (Phi) is 3.73. The predicted octanol–water partition coefficient (Wildman–Crippen LogP) is 2.84. The lowest BCUT2D eigenvalue weighted by Crippen LogP contribution is -2.08. The van der Waals surface area contributed by atoms with Crippen LogP contribution in [0, 0.1) is 0 Å². The number of aromatic nitrogens is 2. The van der Waals surface area contributed by atoms with Crippen LogP contribution in [0.1, 0.15) is 24.4 Å². The first kappa shape index (κ1) is 11.6. The van der Waals surface area contributed by atoms with Gasteiger partial charge in [-0.05, 0) is 25.0 Å². The molecule has 0 amide bonds. The van der Waals surface area contributed by atoms with Crippen LogP contribution >= 0.6 is 0 Å². The molecule has 1 unspecified atom stereocenters. The maximum absolute atomic E-state index is 6.07. The van der Waals surface area contributed by atoms with Crippen molar-refractivity contribution in [1.29, 1.82) is 0 Å². The first-order valence-electron chi connectivity index (χ1n) is 5.77. The molecule has 2 rings (SSSR count). The normalized spacial score (nSPS) is 12.3. The second kappa shape index (κ2) is 5.46. The fourth-order valence-electron chi connectivity index (χ4n) is 1.71. The minimum atomic E-state index is 0.0328. The van der Waals surface area contributed by atoms with Crippen LogP contribution in [0.2, 0.25) is 0 Å². The fourth-order valence-corrected chi connectivity index (χ4v) is 1.71. The predicted molar refractivity (Wildman–Crippen MR) is 69.9 cm³/mol. The average molecular weight is 227 g/mol. The third-order valence-corrected chi connectivity index (χ3v) is 2.73. The fraction of sp³-hybridized carbons (Fsp3) is 0.214. The van der Waals surface area contributed by atoms with Gasteiger partial charge in [-0.1, -0.05) is 24.3 Å². The molecule has 1 aromatic carbocycles. The Morgan fingerprint density at radius 1 is 1.35 bits per heavy atom. The quantitative estimate of drug-likeness (QED) is 0.798. The molecule has 3 heteroatoms. The third-order valence-electron chi connectivity index (χ3n) is 2.73. The summed E-state index contributed by atoms with van der Waals surface area (Å²) in [6, 6.07) is 10.1. The number of hydrogen-bond acceptors (Lipinski definition) is 2. The van der Waals surface area contributed by atoms with E-state index in [0.29, 0.717) is 0 Å². The summed E-state index contributed by atoms with van der Waals surface area (Å²) in [5.41, 5.74) is 8.19. The molecule has 1 aromatic heterocycles. The van der Waals surface area contributed by atoms with E-state index >= 15 is 0 Å². The van der Waals surface area contributed by atoms with E-state index in [1.807, 2.05) is 53.5 Å². The maximum Gasteiger partial charge on any atom is 0.0645 e. The summed E-state index contributed by atoms with van der Waals surface area (Å²) >= 11 is 0. The first-order valence-corrected chi connectivity index (χ1v) is 5.77. The number of benzene rings is 1. The maximum atomic E-state index is 6.07. The monoisotopic (exact) mass is 227 g/mol. The molecule has 0 spiro atoms. The Morgan fingerprint density at radius 2 is 2.12 bits per heavy atom. The van der Waals surface area contributed by atoms with Crippen LogP contribution in [0.3, 0.4) is 0 Å². The Hall–Kier alpha value is -1.87. The van der Waals surface area contributed by atoms with Crippen molar-refractivity contribution in [2.75, 3.05) is 0 Å². The second-order valence-electron chi connectivity index (χ2n) is 4.03.